The Morgan fingerprint density at radius 1 is 1.12 bits per heavy atom. The van der Waals surface area contributed by atoms with Crippen molar-refractivity contribution in [2.45, 2.75) is 0 Å². The fourth-order valence-corrected chi connectivity index (χ4v) is 3.69. The maximum absolute atomic E-state index is 5.40. The molecule has 1 saturated heterocycles. The summed E-state index contributed by atoms with van der Waals surface area (Å²) in [5.41, 5.74) is 1.92. The molecule has 2 aromatic heterocycles. The molecule has 24 heavy (non-hydrogen) atoms. The highest BCUT2D eigenvalue weighted by atomic mass is 32.1. The molecule has 0 unspecified atom stereocenters. The molecule has 0 bridgehead atoms. The molecule has 0 spiro atoms. The number of anilines is 1. The van der Waals surface area contributed by atoms with Crippen molar-refractivity contribution in [2.75, 3.05) is 45.4 Å². The summed E-state index contributed by atoms with van der Waals surface area (Å²) in [4.78, 5) is 7.61. The molecule has 1 aliphatic heterocycles. The Kier molecular flexibility index (Phi) is 3.99. The molecule has 0 aliphatic carbocycles. The second kappa shape index (κ2) is 6.29. The normalized spacial score (nSPS) is 15.0. The third-order valence-corrected chi connectivity index (χ3v) is 5.02. The van der Waals surface area contributed by atoms with Gasteiger partial charge in [0.25, 0.3) is 0 Å². The molecule has 1 aliphatic rings. The first-order chi connectivity index (χ1) is 11.8. The van der Waals surface area contributed by atoms with E-state index in [0.29, 0.717) is 11.5 Å². The van der Waals surface area contributed by atoms with Crippen LogP contribution in [0.25, 0.3) is 16.2 Å². The molecule has 3 heterocycles. The largest absolute Gasteiger partial charge is 0.493 e. The van der Waals surface area contributed by atoms with Crippen molar-refractivity contribution in [3.05, 3.63) is 24.4 Å². The minimum absolute atomic E-state index is 0.689. The van der Waals surface area contributed by atoms with Gasteiger partial charge in [-0.1, -0.05) is 11.3 Å². The van der Waals surface area contributed by atoms with E-state index in [4.69, 9.17) is 19.3 Å². The number of methoxy groups -OCH3 is 2. The van der Waals surface area contributed by atoms with Crippen LogP contribution in [0.15, 0.2) is 24.4 Å². The molecule has 0 atom stereocenters. The average Bonchev–Trinajstić information content (AvgIpc) is 3.22. The molecule has 126 valence electrons. The zero-order valence-corrected chi connectivity index (χ0v) is 14.4. The first-order valence-electron chi connectivity index (χ1n) is 7.70. The quantitative estimate of drug-likeness (QED) is 0.722. The van der Waals surface area contributed by atoms with Crippen LogP contribution in [0.5, 0.6) is 11.5 Å². The number of hydrogen-bond donors (Lipinski definition) is 0. The van der Waals surface area contributed by atoms with Crippen LogP contribution < -0.4 is 14.4 Å². The number of hydrogen-bond acceptors (Lipinski definition) is 7. The lowest BCUT2D eigenvalue weighted by atomic mass is 10.1. The van der Waals surface area contributed by atoms with Gasteiger partial charge in [-0.15, -0.1) is 5.10 Å². The number of benzene rings is 1. The number of morpholine rings is 1. The molecule has 0 N–H and O–H groups in total. The Hall–Kier alpha value is -2.32. The van der Waals surface area contributed by atoms with E-state index in [9.17, 15) is 0 Å². The fourth-order valence-electron chi connectivity index (χ4n) is 2.76. The van der Waals surface area contributed by atoms with Crippen LogP contribution in [0.1, 0.15) is 0 Å². The monoisotopic (exact) mass is 346 g/mol. The maximum atomic E-state index is 5.40. The standard InChI is InChI=1S/C16H18N4O3S/c1-21-13-4-3-11(9-14(13)22-2)12-10-17-15-20(12)18-16(24-15)19-5-7-23-8-6-19/h3-4,9-10H,5-8H2,1-2H3. The summed E-state index contributed by atoms with van der Waals surface area (Å²) in [5.74, 6) is 1.39. The lowest BCUT2D eigenvalue weighted by molar-refractivity contribution is 0.122. The van der Waals surface area contributed by atoms with Crippen LogP contribution in [0.4, 0.5) is 5.13 Å². The zero-order chi connectivity index (χ0) is 16.5. The van der Waals surface area contributed by atoms with Crippen molar-refractivity contribution in [3.8, 4) is 22.8 Å². The molecule has 0 radical (unpaired) electrons. The van der Waals surface area contributed by atoms with Crippen LogP contribution >= 0.6 is 11.3 Å². The molecule has 0 amide bonds. The number of ether oxygens (including phenoxy) is 3. The van der Waals surface area contributed by atoms with E-state index in [1.54, 1.807) is 25.6 Å². The van der Waals surface area contributed by atoms with Gasteiger partial charge in [0, 0.05) is 18.7 Å². The molecule has 8 heteroatoms. The highest BCUT2D eigenvalue weighted by Crippen LogP contribution is 2.34. The van der Waals surface area contributed by atoms with E-state index in [0.717, 1.165) is 47.7 Å². The van der Waals surface area contributed by atoms with Crippen molar-refractivity contribution in [3.63, 3.8) is 0 Å². The first-order valence-corrected chi connectivity index (χ1v) is 8.51. The fraction of sp³-hybridized carbons (Fsp3) is 0.375. The van der Waals surface area contributed by atoms with Gasteiger partial charge in [-0.3, -0.25) is 0 Å². The second-order valence-corrected chi connectivity index (χ2v) is 6.33. The van der Waals surface area contributed by atoms with Gasteiger partial charge in [0.2, 0.25) is 10.1 Å². The van der Waals surface area contributed by atoms with Gasteiger partial charge in [0.15, 0.2) is 11.5 Å². The summed E-state index contributed by atoms with van der Waals surface area (Å²) in [7, 11) is 3.26. The number of nitrogens with zero attached hydrogens (tertiary/aromatic N) is 4. The minimum atomic E-state index is 0.689. The average molecular weight is 346 g/mol. The Balaban J connectivity index is 1.73. The first kappa shape index (κ1) is 15.2. The summed E-state index contributed by atoms with van der Waals surface area (Å²) >= 11 is 1.59. The smallest absolute Gasteiger partial charge is 0.214 e. The lowest BCUT2D eigenvalue weighted by Gasteiger charge is -2.25. The highest BCUT2D eigenvalue weighted by molar-refractivity contribution is 7.20. The Labute approximate surface area is 143 Å². The van der Waals surface area contributed by atoms with Crippen molar-refractivity contribution in [2.24, 2.45) is 0 Å². The molecular weight excluding hydrogens is 328 g/mol. The van der Waals surface area contributed by atoms with Gasteiger partial charge >= 0.3 is 0 Å². The van der Waals surface area contributed by atoms with E-state index in [-0.39, 0.29) is 0 Å². The van der Waals surface area contributed by atoms with E-state index in [1.807, 2.05) is 28.9 Å². The number of imidazole rings is 1. The van der Waals surface area contributed by atoms with Crippen LogP contribution in [0.2, 0.25) is 0 Å². The predicted octanol–water partition coefficient (Wildman–Crippen LogP) is 2.31. The lowest BCUT2D eigenvalue weighted by Crippen LogP contribution is -2.36. The third kappa shape index (κ3) is 2.57. The highest BCUT2D eigenvalue weighted by Gasteiger charge is 2.18. The van der Waals surface area contributed by atoms with E-state index < -0.39 is 0 Å². The van der Waals surface area contributed by atoms with E-state index >= 15 is 0 Å². The van der Waals surface area contributed by atoms with Gasteiger partial charge in [0.1, 0.15) is 0 Å². The van der Waals surface area contributed by atoms with Gasteiger partial charge in [-0.05, 0) is 18.2 Å². The number of rotatable bonds is 4. The van der Waals surface area contributed by atoms with Crippen LogP contribution in [-0.4, -0.2) is 55.1 Å². The van der Waals surface area contributed by atoms with Crippen LogP contribution in [0, 0.1) is 0 Å². The van der Waals surface area contributed by atoms with Gasteiger partial charge in [-0.25, -0.2) is 9.50 Å². The molecule has 4 rings (SSSR count). The predicted molar refractivity (Wildman–Crippen MR) is 92.4 cm³/mol. The molecule has 7 nitrogen and oxygen atoms in total. The molecule has 3 aromatic rings. The van der Waals surface area contributed by atoms with E-state index in [2.05, 4.69) is 9.88 Å². The summed E-state index contributed by atoms with van der Waals surface area (Å²) < 4.78 is 18.0. The summed E-state index contributed by atoms with van der Waals surface area (Å²) in [6.45, 7) is 3.21. The molecule has 0 saturated carbocycles. The van der Waals surface area contributed by atoms with Gasteiger partial charge in [0.05, 0.1) is 39.3 Å². The Morgan fingerprint density at radius 2 is 1.92 bits per heavy atom. The number of fused-ring (bicyclic) bond motifs is 1. The molecule has 1 fully saturated rings. The molecular formula is C16H18N4O3S. The van der Waals surface area contributed by atoms with Gasteiger partial charge < -0.3 is 19.1 Å². The second-order valence-electron chi connectivity index (χ2n) is 5.39. The summed E-state index contributed by atoms with van der Waals surface area (Å²) in [6.07, 6.45) is 1.84. The van der Waals surface area contributed by atoms with Crippen molar-refractivity contribution >= 4 is 21.4 Å². The zero-order valence-electron chi connectivity index (χ0n) is 13.6. The van der Waals surface area contributed by atoms with Crippen molar-refractivity contribution in [1.29, 1.82) is 0 Å². The van der Waals surface area contributed by atoms with Crippen molar-refractivity contribution in [1.82, 2.24) is 14.6 Å². The maximum Gasteiger partial charge on any atom is 0.214 e. The summed E-state index contributed by atoms with van der Waals surface area (Å²) in [6, 6.07) is 5.82. The Morgan fingerprint density at radius 3 is 2.67 bits per heavy atom. The third-order valence-electron chi connectivity index (χ3n) is 4.04. The topological polar surface area (TPSA) is 61.1 Å². The minimum Gasteiger partial charge on any atom is -0.493 e. The van der Waals surface area contributed by atoms with Crippen molar-refractivity contribution < 1.29 is 14.2 Å². The number of aromatic nitrogens is 3. The van der Waals surface area contributed by atoms with Gasteiger partial charge in [-0.2, -0.15) is 0 Å². The van der Waals surface area contributed by atoms with Crippen LogP contribution in [-0.2, 0) is 4.74 Å². The molecule has 1 aromatic carbocycles. The van der Waals surface area contributed by atoms with Crippen LogP contribution in [0.3, 0.4) is 0 Å². The SMILES string of the molecule is COc1ccc(-c2cnc3sc(N4CCOCC4)nn23)cc1OC. The summed E-state index contributed by atoms with van der Waals surface area (Å²) in [5, 5.41) is 5.72. The van der Waals surface area contributed by atoms with E-state index in [1.165, 1.54) is 0 Å². The Bertz CT molecular complexity index is 854.